The van der Waals surface area contributed by atoms with Crippen molar-refractivity contribution in [3.8, 4) is 6.07 Å². The first-order valence-corrected chi connectivity index (χ1v) is 11.1. The maximum atomic E-state index is 13.2. The minimum Gasteiger partial charge on any atom is -0.379 e. The maximum absolute atomic E-state index is 13.2. The first kappa shape index (κ1) is 23.1. The summed E-state index contributed by atoms with van der Waals surface area (Å²) in [6, 6.07) is 15.9. The number of hydrogen-bond donors (Lipinski definition) is 0. The number of aromatic nitrogens is 3. The van der Waals surface area contributed by atoms with Gasteiger partial charge < -0.3 is 9.30 Å². The first-order valence-electron chi connectivity index (χ1n) is 11.1. The number of nitriles is 1. The van der Waals surface area contributed by atoms with E-state index in [1.807, 2.05) is 32.9 Å². The number of amides is 1. The Kier molecular flexibility index (Phi) is 6.66. The number of ether oxygens (including phenoxy) is 1. The molecule has 3 aromatic heterocycles. The van der Waals surface area contributed by atoms with Crippen LogP contribution in [0.25, 0.3) is 16.7 Å². The van der Waals surface area contributed by atoms with Gasteiger partial charge >= 0.3 is 0 Å². The van der Waals surface area contributed by atoms with Crippen molar-refractivity contribution in [2.24, 2.45) is 4.99 Å². The molecule has 0 bridgehead atoms. The van der Waals surface area contributed by atoms with Crippen molar-refractivity contribution in [2.75, 3.05) is 6.61 Å². The number of pyridine rings is 2. The van der Waals surface area contributed by atoms with Crippen LogP contribution in [0.4, 0.5) is 0 Å². The van der Waals surface area contributed by atoms with Gasteiger partial charge in [0.15, 0.2) is 5.49 Å². The molecule has 0 fully saturated rings. The highest BCUT2D eigenvalue weighted by Crippen LogP contribution is 2.12. The van der Waals surface area contributed by atoms with Crippen molar-refractivity contribution in [1.82, 2.24) is 14.0 Å². The Morgan fingerprint density at radius 3 is 2.68 bits per heavy atom. The van der Waals surface area contributed by atoms with Crippen molar-refractivity contribution in [3.63, 3.8) is 0 Å². The fraction of sp³-hybridized carbons (Fsp3) is 0.269. The summed E-state index contributed by atoms with van der Waals surface area (Å²) in [5, 5.41) is 10.2. The van der Waals surface area contributed by atoms with Crippen molar-refractivity contribution < 1.29 is 9.53 Å². The predicted molar refractivity (Wildman–Crippen MR) is 128 cm³/mol. The highest BCUT2D eigenvalue weighted by Gasteiger charge is 2.15. The predicted octanol–water partition coefficient (Wildman–Crippen LogP) is 3.39. The van der Waals surface area contributed by atoms with Gasteiger partial charge in [-0.1, -0.05) is 23.8 Å². The molecule has 172 valence electrons. The molecule has 0 saturated carbocycles. The lowest BCUT2D eigenvalue weighted by Crippen LogP contribution is -2.30. The molecule has 0 unspecified atom stereocenters. The van der Waals surface area contributed by atoms with Gasteiger partial charge in [-0.15, -0.1) is 0 Å². The van der Waals surface area contributed by atoms with Crippen molar-refractivity contribution in [3.05, 3.63) is 87.3 Å². The fourth-order valence-corrected chi connectivity index (χ4v) is 3.69. The van der Waals surface area contributed by atoms with E-state index in [2.05, 4.69) is 16.0 Å². The van der Waals surface area contributed by atoms with Crippen LogP contribution >= 0.6 is 0 Å². The van der Waals surface area contributed by atoms with E-state index >= 15 is 0 Å². The lowest BCUT2D eigenvalue weighted by atomic mass is 10.1. The zero-order valence-corrected chi connectivity index (χ0v) is 19.4. The van der Waals surface area contributed by atoms with Crippen LogP contribution in [0.1, 0.15) is 41.8 Å². The van der Waals surface area contributed by atoms with Gasteiger partial charge in [-0.2, -0.15) is 10.3 Å². The molecule has 0 atom stereocenters. The Morgan fingerprint density at radius 1 is 1.21 bits per heavy atom. The van der Waals surface area contributed by atoms with Crippen LogP contribution in [0.3, 0.4) is 0 Å². The second-order valence-corrected chi connectivity index (χ2v) is 8.28. The number of carbonyl (C=O) groups is 1. The van der Waals surface area contributed by atoms with Gasteiger partial charge in [-0.25, -0.2) is 4.98 Å². The molecular formula is C26H25N5O3. The number of hydrogen-bond acceptors (Lipinski definition) is 5. The monoisotopic (exact) mass is 455 g/mol. The fourth-order valence-electron chi connectivity index (χ4n) is 3.69. The number of benzene rings is 1. The van der Waals surface area contributed by atoms with Gasteiger partial charge in [0.05, 0.1) is 17.1 Å². The van der Waals surface area contributed by atoms with Crippen LogP contribution in [0.5, 0.6) is 0 Å². The van der Waals surface area contributed by atoms with E-state index < -0.39 is 5.91 Å². The highest BCUT2D eigenvalue weighted by atomic mass is 16.5. The SMILES string of the molecule is Cc1ccc(C(=O)N=c2c(C#N)cc3c(=O)n4ccccc4nc3n2CCCOC(C)C)cc1. The quantitative estimate of drug-likeness (QED) is 0.328. The molecule has 8 nitrogen and oxygen atoms in total. The summed E-state index contributed by atoms with van der Waals surface area (Å²) in [5.41, 5.74) is 2.29. The molecule has 0 spiro atoms. The van der Waals surface area contributed by atoms with Gasteiger partial charge in [0.25, 0.3) is 11.5 Å². The zero-order valence-electron chi connectivity index (χ0n) is 19.4. The summed E-state index contributed by atoms with van der Waals surface area (Å²) >= 11 is 0. The highest BCUT2D eigenvalue weighted by molar-refractivity contribution is 5.95. The molecule has 0 N–H and O–H groups in total. The van der Waals surface area contributed by atoms with E-state index in [0.29, 0.717) is 36.4 Å². The molecule has 4 aromatic rings. The van der Waals surface area contributed by atoms with Crippen molar-refractivity contribution in [1.29, 1.82) is 5.26 Å². The number of nitrogens with zero attached hydrogens (tertiary/aromatic N) is 5. The van der Waals surface area contributed by atoms with E-state index in [4.69, 9.17) is 4.74 Å². The third-order valence-corrected chi connectivity index (χ3v) is 5.39. The largest absolute Gasteiger partial charge is 0.379 e. The van der Waals surface area contributed by atoms with Crippen LogP contribution in [-0.4, -0.2) is 32.6 Å². The summed E-state index contributed by atoms with van der Waals surface area (Å²) in [7, 11) is 0. The molecule has 0 saturated heterocycles. The lowest BCUT2D eigenvalue weighted by Gasteiger charge is -2.14. The van der Waals surface area contributed by atoms with Crippen LogP contribution in [-0.2, 0) is 11.3 Å². The average molecular weight is 456 g/mol. The molecule has 1 amide bonds. The van der Waals surface area contributed by atoms with Gasteiger partial charge in [0.2, 0.25) is 0 Å². The Bertz CT molecular complexity index is 1540. The number of fused-ring (bicyclic) bond motifs is 2. The molecule has 1 aromatic carbocycles. The zero-order chi connectivity index (χ0) is 24.2. The Balaban J connectivity index is 1.97. The topological polar surface area (TPSA) is 102 Å². The molecule has 3 heterocycles. The summed E-state index contributed by atoms with van der Waals surface area (Å²) in [6.45, 7) is 6.68. The van der Waals surface area contributed by atoms with E-state index in [9.17, 15) is 14.9 Å². The molecule has 34 heavy (non-hydrogen) atoms. The van der Waals surface area contributed by atoms with Crippen molar-refractivity contribution >= 4 is 22.6 Å². The summed E-state index contributed by atoms with van der Waals surface area (Å²) < 4.78 is 8.78. The second-order valence-electron chi connectivity index (χ2n) is 8.28. The van der Waals surface area contributed by atoms with Crippen molar-refractivity contribution in [2.45, 2.75) is 39.8 Å². The third kappa shape index (κ3) is 4.65. The minimum absolute atomic E-state index is 0.0752. The lowest BCUT2D eigenvalue weighted by molar-refractivity contribution is 0.0748. The van der Waals surface area contributed by atoms with Crippen LogP contribution in [0, 0.1) is 18.3 Å². The molecule has 0 radical (unpaired) electrons. The van der Waals surface area contributed by atoms with Gasteiger partial charge in [-0.05, 0) is 57.5 Å². The molecule has 4 rings (SSSR count). The Labute approximate surface area is 196 Å². The molecule has 0 aliphatic heterocycles. The number of aryl methyl sites for hydroxylation is 2. The molecule has 8 heteroatoms. The molecule has 0 aliphatic rings. The Hall–Kier alpha value is -4.09. The molecule has 0 aliphatic carbocycles. The van der Waals surface area contributed by atoms with Gasteiger partial charge in [0, 0.05) is 24.9 Å². The summed E-state index contributed by atoms with van der Waals surface area (Å²) in [6.07, 6.45) is 2.30. The van der Waals surface area contributed by atoms with Crippen LogP contribution in [0.2, 0.25) is 0 Å². The third-order valence-electron chi connectivity index (χ3n) is 5.39. The van der Waals surface area contributed by atoms with E-state index in [-0.39, 0.29) is 28.1 Å². The Morgan fingerprint density at radius 2 is 1.97 bits per heavy atom. The van der Waals surface area contributed by atoms with E-state index in [0.717, 1.165) is 5.56 Å². The minimum atomic E-state index is -0.472. The normalized spacial score (nSPS) is 11.9. The second kappa shape index (κ2) is 9.81. The summed E-state index contributed by atoms with van der Waals surface area (Å²) in [5.74, 6) is -0.472. The van der Waals surface area contributed by atoms with Crippen LogP contribution in [0.15, 0.2) is 64.5 Å². The molecular weight excluding hydrogens is 430 g/mol. The average Bonchev–Trinajstić information content (AvgIpc) is 2.83. The van der Waals surface area contributed by atoms with E-state index in [1.54, 1.807) is 41.1 Å². The number of rotatable bonds is 6. The standard InChI is InChI=1S/C26H25N5O3/c1-17(2)34-14-6-13-31-23(29-25(32)19-10-8-18(3)9-11-19)20(16-27)15-21-24(31)28-22-7-4-5-12-30(22)26(21)33/h4-5,7-12,15,17H,6,13-14H2,1-3H3. The smallest absolute Gasteiger partial charge is 0.278 e. The van der Waals surface area contributed by atoms with Crippen LogP contribution < -0.4 is 11.0 Å². The first-order chi connectivity index (χ1) is 16.4. The number of carbonyl (C=O) groups excluding carboxylic acids is 1. The van der Waals surface area contributed by atoms with Gasteiger partial charge in [0.1, 0.15) is 17.4 Å². The van der Waals surface area contributed by atoms with Gasteiger partial charge in [-0.3, -0.25) is 14.0 Å². The summed E-state index contributed by atoms with van der Waals surface area (Å²) in [4.78, 5) is 35.2. The maximum Gasteiger partial charge on any atom is 0.278 e. The van der Waals surface area contributed by atoms with E-state index in [1.165, 1.54) is 10.5 Å².